The molecule has 0 saturated carbocycles. The van der Waals surface area contributed by atoms with Gasteiger partial charge in [-0.05, 0) is 31.2 Å². The largest absolute Gasteiger partial charge is 0.367 e. The van der Waals surface area contributed by atoms with Gasteiger partial charge in [0.25, 0.3) is 0 Å². The van der Waals surface area contributed by atoms with Crippen molar-refractivity contribution in [3.8, 4) is 12.1 Å². The second-order valence-electron chi connectivity index (χ2n) is 6.00. The molecule has 0 aliphatic heterocycles. The number of fused-ring (bicyclic) bond motifs is 1. The standard InChI is InChI=1S/C18H20N6/c19-11-15-14-5-3-1-2-4-6-17(14)23-18(16(15)12-20)22-8-10-24-9-7-21-13-24/h7,9,13H,1-6,8,10H2,(H,22,23). The van der Waals surface area contributed by atoms with Crippen LogP contribution in [-0.2, 0) is 19.4 Å². The van der Waals surface area contributed by atoms with E-state index in [1.54, 1.807) is 12.5 Å². The van der Waals surface area contributed by atoms with Gasteiger partial charge in [0, 0.05) is 31.2 Å². The maximum Gasteiger partial charge on any atom is 0.145 e. The predicted octanol–water partition coefficient (Wildman–Crippen LogP) is 2.79. The number of hydrogen-bond donors (Lipinski definition) is 1. The van der Waals surface area contributed by atoms with Crippen LogP contribution in [0, 0.1) is 22.7 Å². The SMILES string of the molecule is N#Cc1c(NCCn2ccnc2)nc2c(c1C#N)CCCCCC2. The molecular formula is C18H20N6. The lowest BCUT2D eigenvalue weighted by Gasteiger charge is -2.18. The van der Waals surface area contributed by atoms with Gasteiger partial charge in [0.1, 0.15) is 23.5 Å². The fraction of sp³-hybridized carbons (Fsp3) is 0.444. The van der Waals surface area contributed by atoms with Crippen LogP contribution in [0.2, 0.25) is 0 Å². The maximum absolute atomic E-state index is 9.60. The zero-order valence-electron chi connectivity index (χ0n) is 13.6. The van der Waals surface area contributed by atoms with Crippen molar-refractivity contribution < 1.29 is 0 Å². The summed E-state index contributed by atoms with van der Waals surface area (Å²) in [6.07, 6.45) is 11.6. The molecule has 122 valence electrons. The third-order valence-electron chi connectivity index (χ3n) is 4.42. The van der Waals surface area contributed by atoms with E-state index in [9.17, 15) is 10.5 Å². The molecule has 0 atom stereocenters. The van der Waals surface area contributed by atoms with E-state index >= 15 is 0 Å². The topological polar surface area (TPSA) is 90.3 Å². The summed E-state index contributed by atoms with van der Waals surface area (Å²) in [4.78, 5) is 8.71. The van der Waals surface area contributed by atoms with Crippen molar-refractivity contribution >= 4 is 5.82 Å². The molecule has 0 radical (unpaired) electrons. The van der Waals surface area contributed by atoms with Crippen LogP contribution in [0.3, 0.4) is 0 Å². The van der Waals surface area contributed by atoms with Gasteiger partial charge in [-0.15, -0.1) is 0 Å². The first-order valence-corrected chi connectivity index (χ1v) is 8.39. The predicted molar refractivity (Wildman–Crippen MR) is 90.3 cm³/mol. The fourth-order valence-electron chi connectivity index (χ4n) is 3.18. The molecule has 2 aromatic rings. The van der Waals surface area contributed by atoms with Gasteiger partial charge in [0.05, 0.1) is 11.9 Å². The molecule has 1 aliphatic carbocycles. The quantitative estimate of drug-likeness (QED) is 0.935. The number of anilines is 1. The molecule has 0 fully saturated rings. The molecule has 1 aliphatic rings. The van der Waals surface area contributed by atoms with Crippen molar-refractivity contribution in [3.05, 3.63) is 41.1 Å². The molecule has 24 heavy (non-hydrogen) atoms. The molecule has 0 saturated heterocycles. The average Bonchev–Trinajstić information content (AvgIpc) is 3.08. The van der Waals surface area contributed by atoms with Crippen molar-refractivity contribution in [1.29, 1.82) is 10.5 Å². The van der Waals surface area contributed by atoms with Crippen LogP contribution in [0.5, 0.6) is 0 Å². The number of pyridine rings is 1. The Labute approximate surface area is 141 Å². The summed E-state index contributed by atoms with van der Waals surface area (Å²) in [5, 5.41) is 22.4. The van der Waals surface area contributed by atoms with Gasteiger partial charge in [-0.25, -0.2) is 9.97 Å². The summed E-state index contributed by atoms with van der Waals surface area (Å²) < 4.78 is 1.96. The first kappa shape index (κ1) is 16.0. The zero-order chi connectivity index (χ0) is 16.8. The summed E-state index contributed by atoms with van der Waals surface area (Å²) in [7, 11) is 0. The highest BCUT2D eigenvalue weighted by Gasteiger charge is 2.20. The Morgan fingerprint density at radius 3 is 2.58 bits per heavy atom. The van der Waals surface area contributed by atoms with Gasteiger partial charge in [0.15, 0.2) is 0 Å². The van der Waals surface area contributed by atoms with Crippen molar-refractivity contribution in [3.63, 3.8) is 0 Å². The molecule has 6 heteroatoms. The van der Waals surface area contributed by atoms with Crippen LogP contribution in [0.15, 0.2) is 18.7 Å². The van der Waals surface area contributed by atoms with Crippen molar-refractivity contribution in [2.45, 2.75) is 45.1 Å². The van der Waals surface area contributed by atoms with E-state index < -0.39 is 0 Å². The molecular weight excluding hydrogens is 300 g/mol. The first-order chi connectivity index (χ1) is 11.8. The van der Waals surface area contributed by atoms with Gasteiger partial charge in [-0.3, -0.25) is 0 Å². The van der Waals surface area contributed by atoms with Gasteiger partial charge >= 0.3 is 0 Å². The van der Waals surface area contributed by atoms with Crippen molar-refractivity contribution in [2.75, 3.05) is 11.9 Å². The molecule has 6 nitrogen and oxygen atoms in total. The monoisotopic (exact) mass is 320 g/mol. The number of nitrogens with one attached hydrogen (secondary N) is 1. The van der Waals surface area contributed by atoms with Crippen LogP contribution in [0.4, 0.5) is 5.82 Å². The van der Waals surface area contributed by atoms with E-state index in [0.29, 0.717) is 23.5 Å². The second kappa shape index (κ2) is 7.61. The summed E-state index contributed by atoms with van der Waals surface area (Å²) in [6, 6.07) is 4.43. The molecule has 0 aromatic carbocycles. The maximum atomic E-state index is 9.60. The average molecular weight is 320 g/mol. The zero-order valence-corrected chi connectivity index (χ0v) is 13.6. The highest BCUT2D eigenvalue weighted by atomic mass is 15.1. The third kappa shape index (κ3) is 3.38. The van der Waals surface area contributed by atoms with Crippen LogP contribution in [-0.4, -0.2) is 21.1 Å². The Balaban J connectivity index is 1.88. The van der Waals surface area contributed by atoms with Crippen LogP contribution in [0.1, 0.15) is 48.1 Å². The van der Waals surface area contributed by atoms with Gasteiger partial charge in [0.2, 0.25) is 0 Å². The van der Waals surface area contributed by atoms with Crippen molar-refractivity contribution in [2.24, 2.45) is 0 Å². The number of aryl methyl sites for hydroxylation is 1. The van der Waals surface area contributed by atoms with Crippen LogP contribution < -0.4 is 5.32 Å². The summed E-state index contributed by atoms with van der Waals surface area (Å²) in [6.45, 7) is 1.35. The lowest BCUT2D eigenvalue weighted by Crippen LogP contribution is -2.15. The Bertz CT molecular complexity index is 779. The number of nitriles is 2. The molecule has 0 unspecified atom stereocenters. The Hall–Kier alpha value is -2.86. The summed E-state index contributed by atoms with van der Waals surface area (Å²) in [5.41, 5.74) is 2.85. The Morgan fingerprint density at radius 1 is 1.08 bits per heavy atom. The van der Waals surface area contributed by atoms with E-state index in [-0.39, 0.29) is 0 Å². The smallest absolute Gasteiger partial charge is 0.145 e. The Morgan fingerprint density at radius 2 is 1.88 bits per heavy atom. The minimum absolute atomic E-state index is 0.377. The van der Waals surface area contributed by atoms with E-state index in [4.69, 9.17) is 4.98 Å². The van der Waals surface area contributed by atoms with E-state index in [0.717, 1.165) is 43.5 Å². The van der Waals surface area contributed by atoms with Gasteiger partial charge < -0.3 is 9.88 Å². The number of rotatable bonds is 4. The molecule has 2 aromatic heterocycles. The lowest BCUT2D eigenvalue weighted by atomic mass is 9.92. The summed E-state index contributed by atoms with van der Waals surface area (Å²) >= 11 is 0. The van der Waals surface area contributed by atoms with Crippen molar-refractivity contribution in [1.82, 2.24) is 14.5 Å². The molecule has 1 N–H and O–H groups in total. The van der Waals surface area contributed by atoms with Crippen LogP contribution in [0.25, 0.3) is 0 Å². The molecule has 3 rings (SSSR count). The first-order valence-electron chi connectivity index (χ1n) is 8.39. The number of hydrogen-bond acceptors (Lipinski definition) is 5. The van der Waals surface area contributed by atoms with E-state index in [1.165, 1.54) is 12.8 Å². The number of aromatic nitrogens is 3. The highest BCUT2D eigenvalue weighted by molar-refractivity contribution is 5.63. The summed E-state index contributed by atoms with van der Waals surface area (Å²) in [5.74, 6) is 0.536. The minimum atomic E-state index is 0.377. The third-order valence-corrected chi connectivity index (χ3v) is 4.42. The normalized spacial score (nSPS) is 13.9. The van der Waals surface area contributed by atoms with Gasteiger partial charge in [-0.1, -0.05) is 12.8 Å². The fourth-order valence-corrected chi connectivity index (χ4v) is 3.18. The number of nitrogens with zero attached hydrogens (tertiary/aromatic N) is 5. The second-order valence-corrected chi connectivity index (χ2v) is 6.00. The van der Waals surface area contributed by atoms with E-state index in [2.05, 4.69) is 22.4 Å². The lowest BCUT2D eigenvalue weighted by molar-refractivity contribution is 0.608. The highest BCUT2D eigenvalue weighted by Crippen LogP contribution is 2.28. The minimum Gasteiger partial charge on any atom is -0.367 e. The number of imidazole rings is 1. The van der Waals surface area contributed by atoms with Crippen LogP contribution >= 0.6 is 0 Å². The van der Waals surface area contributed by atoms with E-state index in [1.807, 2.05) is 10.8 Å². The molecule has 0 amide bonds. The molecule has 2 heterocycles. The Kier molecular flexibility index (Phi) is 5.08. The van der Waals surface area contributed by atoms with Gasteiger partial charge in [-0.2, -0.15) is 10.5 Å². The molecule has 0 bridgehead atoms. The molecule has 0 spiro atoms.